The van der Waals surface area contributed by atoms with Crippen LogP contribution in [0.3, 0.4) is 0 Å². The average molecular weight is 306 g/mol. The standard InChI is InChI=1S/C17H26N2O3/c1-13(22-15(20)18-16(2,3)4)17(21)11-19(12-17)10-14-8-6-5-7-9-14/h5-9,13,21H,10-12H2,1-4H3,(H,18,20). The van der Waals surface area contributed by atoms with Crippen molar-refractivity contribution in [1.82, 2.24) is 10.2 Å². The van der Waals surface area contributed by atoms with Gasteiger partial charge in [0, 0.05) is 25.2 Å². The molecule has 0 radical (unpaired) electrons. The highest BCUT2D eigenvalue weighted by Crippen LogP contribution is 2.28. The molecule has 2 rings (SSSR count). The Labute approximate surface area is 132 Å². The van der Waals surface area contributed by atoms with E-state index in [2.05, 4.69) is 22.3 Å². The van der Waals surface area contributed by atoms with Crippen molar-refractivity contribution in [2.75, 3.05) is 13.1 Å². The molecule has 1 aromatic carbocycles. The lowest BCUT2D eigenvalue weighted by Crippen LogP contribution is -2.67. The Morgan fingerprint density at radius 2 is 1.95 bits per heavy atom. The van der Waals surface area contributed by atoms with E-state index in [-0.39, 0.29) is 5.54 Å². The Hall–Kier alpha value is -1.59. The van der Waals surface area contributed by atoms with Gasteiger partial charge in [0.25, 0.3) is 0 Å². The van der Waals surface area contributed by atoms with Gasteiger partial charge in [0.1, 0.15) is 11.7 Å². The zero-order chi connectivity index (χ0) is 16.4. The smallest absolute Gasteiger partial charge is 0.407 e. The lowest BCUT2D eigenvalue weighted by Gasteiger charge is -2.49. The topological polar surface area (TPSA) is 61.8 Å². The van der Waals surface area contributed by atoms with Gasteiger partial charge in [0.15, 0.2) is 0 Å². The van der Waals surface area contributed by atoms with Crippen molar-refractivity contribution in [2.45, 2.75) is 51.5 Å². The number of nitrogens with zero attached hydrogens (tertiary/aromatic N) is 1. The van der Waals surface area contributed by atoms with Crippen LogP contribution in [0.2, 0.25) is 0 Å². The Balaban J connectivity index is 1.80. The minimum atomic E-state index is -0.968. The number of ether oxygens (including phenoxy) is 1. The number of hydrogen-bond acceptors (Lipinski definition) is 4. The molecule has 0 spiro atoms. The Morgan fingerprint density at radius 1 is 1.36 bits per heavy atom. The van der Waals surface area contributed by atoms with Crippen molar-refractivity contribution in [3.63, 3.8) is 0 Å². The Bertz CT molecular complexity index is 504. The quantitative estimate of drug-likeness (QED) is 0.895. The average Bonchev–Trinajstić information content (AvgIpc) is 2.35. The summed E-state index contributed by atoms with van der Waals surface area (Å²) in [6, 6.07) is 10.1. The number of rotatable bonds is 4. The number of amides is 1. The molecule has 1 atom stereocenters. The fraction of sp³-hybridized carbons (Fsp3) is 0.588. The molecule has 1 aliphatic rings. The highest BCUT2D eigenvalue weighted by atomic mass is 16.6. The summed E-state index contributed by atoms with van der Waals surface area (Å²) in [6.07, 6.45) is -1.03. The number of alkyl carbamates (subject to hydrolysis) is 1. The molecule has 2 N–H and O–H groups in total. The van der Waals surface area contributed by atoms with E-state index in [0.29, 0.717) is 13.1 Å². The second-order valence-corrected chi connectivity index (χ2v) is 7.16. The van der Waals surface area contributed by atoms with Crippen molar-refractivity contribution < 1.29 is 14.6 Å². The van der Waals surface area contributed by atoms with E-state index in [4.69, 9.17) is 4.74 Å². The van der Waals surface area contributed by atoms with Crippen LogP contribution in [0.25, 0.3) is 0 Å². The minimum Gasteiger partial charge on any atom is -0.443 e. The summed E-state index contributed by atoms with van der Waals surface area (Å²) < 4.78 is 5.31. The van der Waals surface area contributed by atoms with Crippen LogP contribution in [-0.2, 0) is 11.3 Å². The van der Waals surface area contributed by atoms with Crippen LogP contribution in [0, 0.1) is 0 Å². The number of nitrogens with one attached hydrogen (secondary N) is 1. The van der Waals surface area contributed by atoms with E-state index >= 15 is 0 Å². The molecule has 22 heavy (non-hydrogen) atoms. The molecule has 0 aromatic heterocycles. The fourth-order valence-electron chi connectivity index (χ4n) is 2.54. The number of carbonyl (C=O) groups excluding carboxylic acids is 1. The number of β-amino-alcohol motifs (C(OH)–C–C–N with tert-alkyl or cyclic N) is 1. The molecule has 0 aliphatic carbocycles. The van der Waals surface area contributed by atoms with Crippen molar-refractivity contribution >= 4 is 6.09 Å². The van der Waals surface area contributed by atoms with Crippen molar-refractivity contribution in [2.24, 2.45) is 0 Å². The third-order valence-electron chi connectivity index (χ3n) is 3.76. The van der Waals surface area contributed by atoms with Crippen molar-refractivity contribution in [3.8, 4) is 0 Å². The second kappa shape index (κ2) is 6.26. The van der Waals surface area contributed by atoms with Gasteiger partial charge in [-0.15, -0.1) is 0 Å². The number of aliphatic hydroxyl groups is 1. The van der Waals surface area contributed by atoms with Gasteiger partial charge in [-0.1, -0.05) is 30.3 Å². The molecule has 1 heterocycles. The van der Waals surface area contributed by atoms with Crippen LogP contribution in [-0.4, -0.2) is 46.4 Å². The number of benzene rings is 1. The van der Waals surface area contributed by atoms with Gasteiger partial charge in [-0.25, -0.2) is 4.79 Å². The molecule has 5 nitrogen and oxygen atoms in total. The van der Waals surface area contributed by atoms with Crippen LogP contribution < -0.4 is 5.32 Å². The summed E-state index contributed by atoms with van der Waals surface area (Å²) in [4.78, 5) is 13.9. The lowest BCUT2D eigenvalue weighted by molar-refractivity contribution is -0.162. The zero-order valence-corrected chi connectivity index (χ0v) is 13.8. The van der Waals surface area contributed by atoms with Crippen LogP contribution in [0.4, 0.5) is 4.79 Å². The predicted octanol–water partition coefficient (Wildman–Crippen LogP) is 2.15. The number of hydrogen-bond donors (Lipinski definition) is 2. The largest absolute Gasteiger partial charge is 0.443 e. The summed E-state index contributed by atoms with van der Waals surface area (Å²) in [5, 5.41) is 13.3. The van der Waals surface area contributed by atoms with Gasteiger partial charge in [-0.05, 0) is 33.3 Å². The molecule has 1 unspecified atom stereocenters. The minimum absolute atomic E-state index is 0.349. The van der Waals surface area contributed by atoms with Crippen LogP contribution in [0.15, 0.2) is 30.3 Å². The summed E-state index contributed by atoms with van der Waals surface area (Å²) >= 11 is 0. The lowest BCUT2D eigenvalue weighted by atomic mass is 9.88. The molecular formula is C17H26N2O3. The maximum absolute atomic E-state index is 11.8. The third kappa shape index (κ3) is 4.45. The molecule has 122 valence electrons. The van der Waals surface area contributed by atoms with Gasteiger partial charge >= 0.3 is 6.09 Å². The molecule has 1 aliphatic heterocycles. The Kier molecular flexibility index (Phi) is 4.78. The third-order valence-corrected chi connectivity index (χ3v) is 3.76. The second-order valence-electron chi connectivity index (χ2n) is 7.16. The number of likely N-dealkylation sites (tertiary alicyclic amines) is 1. The molecule has 1 aromatic rings. The van der Waals surface area contributed by atoms with Gasteiger partial charge in [0.2, 0.25) is 0 Å². The van der Waals surface area contributed by atoms with E-state index in [9.17, 15) is 9.90 Å². The molecule has 1 amide bonds. The molecular weight excluding hydrogens is 280 g/mol. The van der Waals surface area contributed by atoms with E-state index in [1.165, 1.54) is 5.56 Å². The normalized spacial score (nSPS) is 19.1. The summed E-state index contributed by atoms with van der Waals surface area (Å²) in [5.74, 6) is 0. The summed E-state index contributed by atoms with van der Waals surface area (Å²) in [6.45, 7) is 9.21. The van der Waals surface area contributed by atoms with E-state index in [0.717, 1.165) is 6.54 Å². The molecule has 5 heteroatoms. The molecule has 0 saturated carbocycles. The van der Waals surface area contributed by atoms with E-state index in [1.54, 1.807) is 6.92 Å². The SMILES string of the molecule is CC(OC(=O)NC(C)(C)C)C1(O)CN(Cc2ccccc2)C1. The van der Waals surface area contributed by atoms with Gasteiger partial charge in [0.05, 0.1) is 0 Å². The van der Waals surface area contributed by atoms with E-state index in [1.807, 2.05) is 39.0 Å². The van der Waals surface area contributed by atoms with Gasteiger partial charge < -0.3 is 15.2 Å². The van der Waals surface area contributed by atoms with Gasteiger partial charge in [-0.3, -0.25) is 4.90 Å². The highest BCUT2D eigenvalue weighted by molar-refractivity contribution is 5.68. The van der Waals surface area contributed by atoms with E-state index < -0.39 is 17.8 Å². The van der Waals surface area contributed by atoms with Gasteiger partial charge in [-0.2, -0.15) is 0 Å². The first-order valence-electron chi connectivity index (χ1n) is 7.65. The van der Waals surface area contributed by atoms with Crippen LogP contribution in [0.5, 0.6) is 0 Å². The maximum atomic E-state index is 11.8. The molecule has 1 fully saturated rings. The van der Waals surface area contributed by atoms with Crippen LogP contribution >= 0.6 is 0 Å². The first kappa shape index (κ1) is 16.8. The fourth-order valence-corrected chi connectivity index (χ4v) is 2.54. The molecule has 1 saturated heterocycles. The summed E-state index contributed by atoms with van der Waals surface area (Å²) in [5.41, 5.74) is -0.105. The molecule has 0 bridgehead atoms. The predicted molar refractivity (Wildman–Crippen MR) is 85.5 cm³/mol. The number of carbonyl (C=O) groups is 1. The van der Waals surface area contributed by atoms with Crippen LogP contribution in [0.1, 0.15) is 33.3 Å². The maximum Gasteiger partial charge on any atom is 0.407 e. The highest BCUT2D eigenvalue weighted by Gasteiger charge is 2.47. The zero-order valence-electron chi connectivity index (χ0n) is 13.8. The van der Waals surface area contributed by atoms with Crippen molar-refractivity contribution in [3.05, 3.63) is 35.9 Å². The monoisotopic (exact) mass is 306 g/mol. The first-order chi connectivity index (χ1) is 10.2. The first-order valence-corrected chi connectivity index (χ1v) is 7.65. The van der Waals surface area contributed by atoms with Crippen molar-refractivity contribution in [1.29, 1.82) is 0 Å². The summed E-state index contributed by atoms with van der Waals surface area (Å²) in [7, 11) is 0. The Morgan fingerprint density at radius 3 is 2.50 bits per heavy atom.